The molecule has 0 aromatic heterocycles. The van der Waals surface area contributed by atoms with Gasteiger partial charge in [-0.25, -0.2) is 0 Å². The summed E-state index contributed by atoms with van der Waals surface area (Å²) in [5.41, 5.74) is 0.0933. The summed E-state index contributed by atoms with van der Waals surface area (Å²) in [6, 6.07) is 10.5. The first-order valence-electron chi connectivity index (χ1n) is 4.55. The minimum atomic E-state index is -0.0734. The Kier molecular flexibility index (Phi) is 7.13. The highest BCUT2D eigenvalue weighted by Gasteiger charge is 2.19. The summed E-state index contributed by atoms with van der Waals surface area (Å²) in [6.45, 7) is 6.42. The van der Waals surface area contributed by atoms with Gasteiger partial charge in [0.15, 0.2) is 7.65 Å². The minimum absolute atomic E-state index is 0. The van der Waals surface area contributed by atoms with E-state index in [-0.39, 0.29) is 43.6 Å². The first-order valence-corrected chi connectivity index (χ1v) is 7.25. The molecular formula is C12H15BrClI. The number of benzene rings is 1. The molecule has 0 unspecified atom stereocenters. The van der Waals surface area contributed by atoms with Gasteiger partial charge >= 0.3 is 21.2 Å². The van der Waals surface area contributed by atoms with Crippen LogP contribution >= 0.6 is 11.6 Å². The van der Waals surface area contributed by atoms with Gasteiger partial charge in [0.1, 0.15) is 0 Å². The number of allylic oxidation sites excluding steroid dienone is 1. The van der Waals surface area contributed by atoms with Crippen LogP contribution < -0.4 is 38.2 Å². The van der Waals surface area contributed by atoms with E-state index < -0.39 is 0 Å². The van der Waals surface area contributed by atoms with Gasteiger partial charge in [0.25, 0.3) is 0 Å². The van der Waals surface area contributed by atoms with Crippen LogP contribution in [-0.2, 0) is 0 Å². The highest BCUT2D eigenvalue weighted by atomic mass is 127. The van der Waals surface area contributed by atoms with Crippen LogP contribution in [0.2, 0.25) is 0 Å². The first kappa shape index (κ1) is 15.5. The van der Waals surface area contributed by atoms with Gasteiger partial charge in [-0.15, -0.1) is 0 Å². The summed E-state index contributed by atoms with van der Waals surface area (Å²) in [6.07, 6.45) is 0. The predicted octanol–water partition coefficient (Wildman–Crippen LogP) is -1.92. The van der Waals surface area contributed by atoms with Gasteiger partial charge in [0.2, 0.25) is 0 Å². The number of hydrogen-bond acceptors (Lipinski definition) is 0. The van der Waals surface area contributed by atoms with E-state index in [9.17, 15) is 0 Å². The van der Waals surface area contributed by atoms with Crippen LogP contribution in [0.15, 0.2) is 39.4 Å². The third kappa shape index (κ3) is 5.93. The second-order valence-corrected chi connectivity index (χ2v) is 7.01. The number of hydrogen-bond donors (Lipinski definition) is 0. The molecule has 0 fully saturated rings. The van der Waals surface area contributed by atoms with Gasteiger partial charge in [0, 0.05) is 5.41 Å². The standard InChI is InChI=1S/C12H15ClI.BrH/c1-12(2,3)11(13)9-14-10-7-5-4-6-8-10;/h4-9H,1-3H3;1H/q+1;/p-1/b11-9-;. The fourth-order valence-corrected chi connectivity index (χ4v) is 3.44. The molecule has 0 N–H and O–H groups in total. The molecule has 0 spiro atoms. The summed E-state index contributed by atoms with van der Waals surface area (Å²) >= 11 is 6.12. The molecule has 0 saturated heterocycles. The van der Waals surface area contributed by atoms with Crippen molar-refractivity contribution in [3.8, 4) is 0 Å². The molecule has 0 aliphatic carbocycles. The molecular weight excluding hydrogens is 386 g/mol. The minimum Gasteiger partial charge on any atom is -1.00 e. The lowest BCUT2D eigenvalue weighted by Crippen LogP contribution is -3.59. The van der Waals surface area contributed by atoms with E-state index in [0.717, 1.165) is 5.03 Å². The molecule has 1 aromatic rings. The zero-order valence-corrected chi connectivity index (χ0v) is 13.6. The van der Waals surface area contributed by atoms with Gasteiger partial charge in [-0.05, 0) is 12.1 Å². The Morgan fingerprint density at radius 2 is 1.73 bits per heavy atom. The molecule has 15 heavy (non-hydrogen) atoms. The topological polar surface area (TPSA) is 0 Å². The largest absolute Gasteiger partial charge is 1.00 e. The van der Waals surface area contributed by atoms with Crippen molar-refractivity contribution in [2.24, 2.45) is 5.41 Å². The van der Waals surface area contributed by atoms with Gasteiger partial charge in [0.05, 0.1) is 5.03 Å². The number of halogens is 3. The average molecular weight is 402 g/mol. The van der Waals surface area contributed by atoms with E-state index in [2.05, 4.69) is 49.1 Å². The summed E-state index contributed by atoms with van der Waals surface area (Å²) in [4.78, 5) is 0. The SMILES string of the molecule is CC(C)(C)/C(Cl)=C/[I+]c1ccccc1.[Br-]. The maximum Gasteiger partial charge on any atom is 0.350 e. The fraction of sp³-hybridized carbons (Fsp3) is 0.333. The molecule has 3 heteroatoms. The van der Waals surface area contributed by atoms with Gasteiger partial charge in [-0.3, -0.25) is 0 Å². The third-order valence-electron chi connectivity index (χ3n) is 1.73. The van der Waals surface area contributed by atoms with Crippen LogP contribution in [0.5, 0.6) is 0 Å². The molecule has 1 rings (SSSR count). The Morgan fingerprint density at radius 1 is 1.20 bits per heavy atom. The van der Waals surface area contributed by atoms with Crippen LogP contribution in [0.25, 0.3) is 0 Å². The zero-order valence-electron chi connectivity index (χ0n) is 9.10. The van der Waals surface area contributed by atoms with Crippen molar-refractivity contribution in [1.82, 2.24) is 0 Å². The summed E-state index contributed by atoms with van der Waals surface area (Å²) in [5.74, 6) is 0. The lowest BCUT2D eigenvalue weighted by atomic mass is 9.97. The summed E-state index contributed by atoms with van der Waals surface area (Å²) < 4.78 is 3.61. The van der Waals surface area contributed by atoms with E-state index in [1.54, 1.807) is 0 Å². The van der Waals surface area contributed by atoms with E-state index >= 15 is 0 Å². The lowest BCUT2D eigenvalue weighted by Gasteiger charge is -2.14. The van der Waals surface area contributed by atoms with E-state index in [4.69, 9.17) is 11.6 Å². The second kappa shape index (κ2) is 6.92. The Morgan fingerprint density at radius 3 is 2.20 bits per heavy atom. The molecule has 0 aliphatic heterocycles. The molecule has 1 aromatic carbocycles. The molecule has 0 aliphatic rings. The Bertz CT molecular complexity index is 314. The predicted molar refractivity (Wildman–Crippen MR) is 58.5 cm³/mol. The zero-order chi connectivity index (χ0) is 10.6. The molecule has 0 nitrogen and oxygen atoms in total. The summed E-state index contributed by atoms with van der Waals surface area (Å²) in [7, 11) is 0. The van der Waals surface area contributed by atoms with Crippen LogP contribution in [0, 0.1) is 8.99 Å². The monoisotopic (exact) mass is 400 g/mol. The molecule has 0 heterocycles. The molecule has 84 valence electrons. The maximum absolute atomic E-state index is 6.20. The fourth-order valence-electron chi connectivity index (χ4n) is 0.762. The van der Waals surface area contributed by atoms with Crippen LogP contribution in [-0.4, -0.2) is 0 Å². The van der Waals surface area contributed by atoms with Crippen molar-refractivity contribution >= 4 is 11.6 Å². The van der Waals surface area contributed by atoms with Gasteiger partial charge < -0.3 is 17.0 Å². The maximum atomic E-state index is 6.20. The number of rotatable bonds is 2. The average Bonchev–Trinajstić information content (AvgIpc) is 2.14. The van der Waals surface area contributed by atoms with Crippen molar-refractivity contribution in [3.05, 3.63) is 43.0 Å². The second-order valence-electron chi connectivity index (χ2n) is 4.11. The van der Waals surface area contributed by atoms with Gasteiger partial charge in [-0.2, -0.15) is 0 Å². The van der Waals surface area contributed by atoms with E-state index in [0.29, 0.717) is 0 Å². The Balaban J connectivity index is 0.00000196. The van der Waals surface area contributed by atoms with Crippen molar-refractivity contribution in [2.45, 2.75) is 20.8 Å². The first-order chi connectivity index (χ1) is 6.50. The van der Waals surface area contributed by atoms with Crippen LogP contribution in [0.3, 0.4) is 0 Å². The quantitative estimate of drug-likeness (QED) is 0.507. The van der Waals surface area contributed by atoms with Crippen molar-refractivity contribution < 1.29 is 38.2 Å². The smallest absolute Gasteiger partial charge is 0.350 e. The molecule has 0 atom stereocenters. The van der Waals surface area contributed by atoms with Crippen molar-refractivity contribution in [2.75, 3.05) is 0 Å². The van der Waals surface area contributed by atoms with Crippen molar-refractivity contribution in [3.63, 3.8) is 0 Å². The van der Waals surface area contributed by atoms with Crippen LogP contribution in [0.1, 0.15) is 20.8 Å². The van der Waals surface area contributed by atoms with E-state index in [1.807, 2.05) is 6.07 Å². The van der Waals surface area contributed by atoms with E-state index in [1.165, 1.54) is 3.57 Å². The molecule has 0 bridgehead atoms. The van der Waals surface area contributed by atoms with Crippen molar-refractivity contribution in [1.29, 1.82) is 0 Å². The van der Waals surface area contributed by atoms with Gasteiger partial charge in [-0.1, -0.05) is 50.6 Å². The summed E-state index contributed by atoms with van der Waals surface area (Å²) in [5, 5.41) is 0.981. The Hall–Kier alpha value is 0.460. The van der Waals surface area contributed by atoms with Crippen LogP contribution in [0.4, 0.5) is 0 Å². The Labute approximate surface area is 118 Å². The normalized spacial score (nSPS) is 12.1. The highest BCUT2D eigenvalue weighted by molar-refractivity contribution is 6.30. The molecule has 0 radical (unpaired) electrons. The lowest BCUT2D eigenvalue weighted by molar-refractivity contribution is -0.557. The third-order valence-corrected chi connectivity index (χ3v) is 5.14. The highest BCUT2D eigenvalue weighted by Crippen LogP contribution is 2.26. The molecule has 0 amide bonds. The molecule has 0 saturated carbocycles.